The molecule has 0 bridgehead atoms. The summed E-state index contributed by atoms with van der Waals surface area (Å²) in [6.07, 6.45) is 8.62. The van der Waals surface area contributed by atoms with Gasteiger partial charge in [-0.2, -0.15) is 0 Å². The molecule has 82 valence electrons. The minimum Gasteiger partial charge on any atom is -0.343 e. The molecule has 0 saturated carbocycles. The van der Waals surface area contributed by atoms with E-state index < -0.39 is 0 Å². The maximum Gasteiger partial charge on any atom is 0.0915 e. The Kier molecular flexibility index (Phi) is 3.73. The molecule has 0 spiro atoms. The van der Waals surface area contributed by atoms with Crippen LogP contribution in [0.25, 0.3) is 0 Å². The van der Waals surface area contributed by atoms with Crippen LogP contribution in [0.3, 0.4) is 0 Å². The van der Waals surface area contributed by atoms with Gasteiger partial charge in [-0.15, -0.1) is 0 Å². The van der Waals surface area contributed by atoms with Crippen molar-refractivity contribution in [3.8, 4) is 0 Å². The molecule has 0 aromatic carbocycles. The second-order valence-corrected chi connectivity index (χ2v) is 4.66. The lowest BCUT2D eigenvalue weighted by molar-refractivity contribution is -0.687. The van der Waals surface area contributed by atoms with Crippen LogP contribution in [0.5, 0.6) is 0 Å². The minimum absolute atomic E-state index is 0.766. The van der Waals surface area contributed by atoms with Crippen molar-refractivity contribution in [2.45, 2.75) is 45.1 Å². The number of aryl methyl sites for hydroxylation is 1. The maximum atomic E-state index is 4.44. The smallest absolute Gasteiger partial charge is 0.0915 e. The van der Waals surface area contributed by atoms with Crippen LogP contribution >= 0.6 is 0 Å². The van der Waals surface area contributed by atoms with Crippen molar-refractivity contribution < 1.29 is 5.32 Å². The standard InChI is InChI=1S/C13H20N2/c1-11-6-8-15-13(9-11)10-12-5-3-2-4-7-14-12/h6,8-9,12,14H,2-5,7,10H2,1H3/p+1/t12-/m1/s1. The van der Waals surface area contributed by atoms with Crippen LogP contribution in [0.4, 0.5) is 0 Å². The lowest BCUT2D eigenvalue weighted by Gasteiger charge is -2.12. The molecule has 0 radical (unpaired) electrons. The first-order chi connectivity index (χ1) is 7.34. The third-order valence-electron chi connectivity index (χ3n) is 3.22. The Labute approximate surface area is 92.1 Å². The zero-order chi connectivity index (χ0) is 10.5. The molecule has 1 aromatic rings. The van der Waals surface area contributed by atoms with Crippen molar-refractivity contribution in [1.29, 1.82) is 0 Å². The SMILES string of the molecule is Cc1ccnc(C[C@H]2CCCCC[NH2+]2)c1. The summed E-state index contributed by atoms with van der Waals surface area (Å²) in [5.74, 6) is 0. The summed E-state index contributed by atoms with van der Waals surface area (Å²) < 4.78 is 0. The molecule has 0 unspecified atom stereocenters. The van der Waals surface area contributed by atoms with Crippen molar-refractivity contribution >= 4 is 0 Å². The molecule has 1 aliphatic heterocycles. The Balaban J connectivity index is 1.95. The van der Waals surface area contributed by atoms with Gasteiger partial charge in [0.15, 0.2) is 0 Å². The molecule has 1 atom stereocenters. The van der Waals surface area contributed by atoms with Gasteiger partial charge in [-0.1, -0.05) is 0 Å². The molecule has 1 saturated heterocycles. The Bertz CT molecular complexity index is 301. The number of quaternary nitrogens is 1. The van der Waals surface area contributed by atoms with Gasteiger partial charge < -0.3 is 5.32 Å². The highest BCUT2D eigenvalue weighted by molar-refractivity contribution is 5.14. The molecule has 0 amide bonds. The van der Waals surface area contributed by atoms with Crippen molar-refractivity contribution in [3.05, 3.63) is 29.6 Å². The van der Waals surface area contributed by atoms with E-state index in [1.807, 2.05) is 6.20 Å². The number of hydrogen-bond acceptors (Lipinski definition) is 1. The Morgan fingerprint density at radius 1 is 1.40 bits per heavy atom. The number of pyridine rings is 1. The van der Waals surface area contributed by atoms with E-state index in [0.29, 0.717) is 0 Å². The number of nitrogens with two attached hydrogens (primary N) is 1. The zero-order valence-corrected chi connectivity index (χ0v) is 9.58. The molecular formula is C13H21N2+. The minimum atomic E-state index is 0.766. The summed E-state index contributed by atoms with van der Waals surface area (Å²) in [6.45, 7) is 3.44. The molecule has 2 N–H and O–H groups in total. The predicted octanol–water partition coefficient (Wildman–Crippen LogP) is 1.44. The first-order valence-electron chi connectivity index (χ1n) is 6.09. The lowest BCUT2D eigenvalue weighted by Crippen LogP contribution is -2.90. The van der Waals surface area contributed by atoms with Crippen LogP contribution in [0.1, 0.15) is 36.9 Å². The topological polar surface area (TPSA) is 29.5 Å². The molecule has 2 rings (SSSR count). The first kappa shape index (κ1) is 10.6. The van der Waals surface area contributed by atoms with Crippen LogP contribution < -0.4 is 5.32 Å². The monoisotopic (exact) mass is 205 g/mol. The number of hydrogen-bond donors (Lipinski definition) is 1. The van der Waals surface area contributed by atoms with Gasteiger partial charge >= 0.3 is 0 Å². The van der Waals surface area contributed by atoms with Crippen molar-refractivity contribution in [2.24, 2.45) is 0 Å². The van der Waals surface area contributed by atoms with E-state index in [1.54, 1.807) is 0 Å². The number of aromatic nitrogens is 1. The average Bonchev–Trinajstić information content (AvgIpc) is 2.46. The second kappa shape index (κ2) is 5.26. The van der Waals surface area contributed by atoms with Crippen LogP contribution in [0.2, 0.25) is 0 Å². The molecule has 1 aromatic heterocycles. The number of nitrogens with zero attached hydrogens (tertiary/aromatic N) is 1. The molecule has 0 aliphatic carbocycles. The van der Waals surface area contributed by atoms with E-state index in [0.717, 1.165) is 12.5 Å². The van der Waals surface area contributed by atoms with Gasteiger partial charge in [-0.05, 0) is 50.3 Å². The highest BCUT2D eigenvalue weighted by Gasteiger charge is 2.15. The largest absolute Gasteiger partial charge is 0.343 e. The fraction of sp³-hybridized carbons (Fsp3) is 0.615. The van der Waals surface area contributed by atoms with Crippen molar-refractivity contribution in [1.82, 2.24) is 4.98 Å². The van der Waals surface area contributed by atoms with E-state index in [1.165, 1.54) is 43.5 Å². The van der Waals surface area contributed by atoms with E-state index in [4.69, 9.17) is 0 Å². The zero-order valence-electron chi connectivity index (χ0n) is 9.58. The molecular weight excluding hydrogens is 184 g/mol. The Morgan fingerprint density at radius 3 is 3.20 bits per heavy atom. The molecule has 2 nitrogen and oxygen atoms in total. The van der Waals surface area contributed by atoms with Gasteiger partial charge in [0.25, 0.3) is 0 Å². The fourth-order valence-electron chi connectivity index (χ4n) is 2.36. The summed E-state index contributed by atoms with van der Waals surface area (Å²) in [4.78, 5) is 4.44. The molecule has 1 fully saturated rings. The van der Waals surface area contributed by atoms with Crippen LogP contribution in [0, 0.1) is 6.92 Å². The van der Waals surface area contributed by atoms with Crippen LogP contribution in [-0.2, 0) is 6.42 Å². The third kappa shape index (κ3) is 3.31. The van der Waals surface area contributed by atoms with Crippen molar-refractivity contribution in [2.75, 3.05) is 6.54 Å². The van der Waals surface area contributed by atoms with Crippen molar-refractivity contribution in [3.63, 3.8) is 0 Å². The van der Waals surface area contributed by atoms with E-state index in [-0.39, 0.29) is 0 Å². The fourth-order valence-corrected chi connectivity index (χ4v) is 2.36. The van der Waals surface area contributed by atoms with Crippen LogP contribution in [0.15, 0.2) is 18.3 Å². The second-order valence-electron chi connectivity index (χ2n) is 4.66. The van der Waals surface area contributed by atoms with Gasteiger partial charge in [-0.25, -0.2) is 0 Å². The maximum absolute atomic E-state index is 4.44. The predicted molar refractivity (Wildman–Crippen MR) is 61.7 cm³/mol. The highest BCUT2D eigenvalue weighted by Crippen LogP contribution is 2.09. The summed E-state index contributed by atoms with van der Waals surface area (Å²) in [7, 11) is 0. The van der Waals surface area contributed by atoms with Gasteiger partial charge in [0.2, 0.25) is 0 Å². The van der Waals surface area contributed by atoms with E-state index in [2.05, 4.69) is 29.4 Å². The Hall–Kier alpha value is -0.890. The quantitative estimate of drug-likeness (QED) is 0.778. The normalized spacial score (nSPS) is 22.3. The van der Waals surface area contributed by atoms with Gasteiger partial charge in [0.1, 0.15) is 0 Å². The van der Waals surface area contributed by atoms with E-state index >= 15 is 0 Å². The first-order valence-corrected chi connectivity index (χ1v) is 6.09. The van der Waals surface area contributed by atoms with Crippen LogP contribution in [-0.4, -0.2) is 17.6 Å². The molecule has 15 heavy (non-hydrogen) atoms. The summed E-state index contributed by atoms with van der Waals surface area (Å²) in [5, 5.41) is 2.51. The van der Waals surface area contributed by atoms with Gasteiger partial charge in [0, 0.05) is 18.3 Å². The van der Waals surface area contributed by atoms with Gasteiger partial charge in [-0.3, -0.25) is 4.98 Å². The average molecular weight is 205 g/mol. The summed E-state index contributed by atoms with van der Waals surface area (Å²) >= 11 is 0. The summed E-state index contributed by atoms with van der Waals surface area (Å²) in [5.41, 5.74) is 2.59. The van der Waals surface area contributed by atoms with E-state index in [9.17, 15) is 0 Å². The lowest BCUT2D eigenvalue weighted by atomic mass is 10.0. The highest BCUT2D eigenvalue weighted by atomic mass is 14.9. The summed E-state index contributed by atoms with van der Waals surface area (Å²) in [6, 6.07) is 5.06. The number of rotatable bonds is 2. The Morgan fingerprint density at radius 2 is 2.33 bits per heavy atom. The third-order valence-corrected chi connectivity index (χ3v) is 3.22. The molecule has 2 heteroatoms. The van der Waals surface area contributed by atoms with Gasteiger partial charge in [0.05, 0.1) is 12.6 Å². The molecule has 1 aliphatic rings. The molecule has 2 heterocycles.